The minimum absolute atomic E-state index is 0. The molecule has 1 amide bonds. The van der Waals surface area contributed by atoms with Crippen LogP contribution in [-0.2, 0) is 24.8 Å². The molecule has 0 bridgehead atoms. The second-order valence-electron chi connectivity index (χ2n) is 6.96. The normalized spacial score (nSPS) is 11.7. The van der Waals surface area contributed by atoms with Gasteiger partial charge in [0.15, 0.2) is 11.8 Å². The van der Waals surface area contributed by atoms with Crippen molar-refractivity contribution in [3.05, 3.63) is 34.0 Å². The van der Waals surface area contributed by atoms with Gasteiger partial charge in [-0.1, -0.05) is 6.07 Å². The number of amides is 1. The van der Waals surface area contributed by atoms with Crippen LogP contribution in [0.15, 0.2) is 22.5 Å². The van der Waals surface area contributed by atoms with Crippen LogP contribution in [0.4, 0.5) is 0 Å². The molecule has 0 aliphatic heterocycles. The number of nitrogens with zero attached hydrogens (tertiary/aromatic N) is 4. The molecule has 156 valence electrons. The van der Waals surface area contributed by atoms with Gasteiger partial charge in [-0.05, 0) is 38.6 Å². The number of aryl methyl sites for hydroxylation is 1. The predicted octanol–water partition coefficient (Wildman–Crippen LogP) is 1.85. The van der Waals surface area contributed by atoms with Crippen LogP contribution in [0, 0.1) is 12.3 Å². The molecule has 2 rings (SSSR count). The van der Waals surface area contributed by atoms with E-state index in [1.165, 1.54) is 4.88 Å². The molecule has 0 fully saturated rings. The molecule has 0 unspecified atom stereocenters. The highest BCUT2D eigenvalue weighted by molar-refractivity contribution is 14.0. The average Bonchev–Trinajstić information content (AvgIpc) is 3.27. The van der Waals surface area contributed by atoms with Crippen LogP contribution in [0.2, 0.25) is 0 Å². The van der Waals surface area contributed by atoms with E-state index in [9.17, 15) is 4.79 Å². The molecule has 28 heavy (non-hydrogen) atoms. The molecule has 2 aromatic heterocycles. The number of thiophene rings is 1. The fraction of sp³-hybridized carbons (Fsp3) is 0.556. The SMILES string of the molecule is CNC(=O)C(C)(C)CNC(=NCc1nnc(C)n1C)NCCc1cccs1.I. The highest BCUT2D eigenvalue weighted by Crippen LogP contribution is 2.13. The Hall–Kier alpha value is -1.69. The largest absolute Gasteiger partial charge is 0.359 e. The molecule has 0 aliphatic rings. The van der Waals surface area contributed by atoms with Crippen molar-refractivity contribution in [2.75, 3.05) is 20.1 Å². The second-order valence-corrected chi connectivity index (χ2v) is 7.99. The minimum atomic E-state index is -0.549. The van der Waals surface area contributed by atoms with Gasteiger partial charge in [-0.2, -0.15) is 0 Å². The van der Waals surface area contributed by atoms with Crippen molar-refractivity contribution in [2.24, 2.45) is 17.5 Å². The predicted molar refractivity (Wildman–Crippen MR) is 124 cm³/mol. The van der Waals surface area contributed by atoms with Gasteiger partial charge in [0.05, 0.1) is 5.41 Å². The zero-order valence-corrected chi connectivity index (χ0v) is 20.2. The first-order valence-electron chi connectivity index (χ1n) is 8.95. The van der Waals surface area contributed by atoms with Crippen LogP contribution in [-0.4, -0.2) is 46.8 Å². The molecule has 0 spiro atoms. The number of hydrogen-bond donors (Lipinski definition) is 3. The van der Waals surface area contributed by atoms with Crippen LogP contribution in [0.1, 0.15) is 30.4 Å². The van der Waals surface area contributed by atoms with Gasteiger partial charge < -0.3 is 20.5 Å². The molecule has 0 aromatic carbocycles. The van der Waals surface area contributed by atoms with Gasteiger partial charge in [0, 0.05) is 32.1 Å². The quantitative estimate of drug-likeness (QED) is 0.281. The highest BCUT2D eigenvalue weighted by atomic mass is 127. The number of carbonyl (C=O) groups excluding carboxylic acids is 1. The Morgan fingerprint density at radius 1 is 1.32 bits per heavy atom. The third-order valence-corrected chi connectivity index (χ3v) is 5.28. The molecular weight excluding hydrogens is 489 g/mol. The first kappa shape index (κ1) is 24.3. The topological polar surface area (TPSA) is 96.2 Å². The summed E-state index contributed by atoms with van der Waals surface area (Å²) < 4.78 is 1.92. The number of halogens is 1. The first-order valence-corrected chi connectivity index (χ1v) is 9.83. The van der Waals surface area contributed by atoms with Gasteiger partial charge in [0.2, 0.25) is 5.91 Å². The van der Waals surface area contributed by atoms with E-state index in [4.69, 9.17) is 0 Å². The third kappa shape index (κ3) is 7.04. The molecule has 2 heterocycles. The molecule has 0 saturated heterocycles. The smallest absolute Gasteiger partial charge is 0.227 e. The van der Waals surface area contributed by atoms with E-state index in [-0.39, 0.29) is 29.9 Å². The molecule has 8 nitrogen and oxygen atoms in total. The molecule has 0 aliphatic carbocycles. The lowest BCUT2D eigenvalue weighted by Crippen LogP contribution is -2.47. The molecule has 10 heteroatoms. The van der Waals surface area contributed by atoms with Crippen LogP contribution >= 0.6 is 35.3 Å². The van der Waals surface area contributed by atoms with E-state index >= 15 is 0 Å². The van der Waals surface area contributed by atoms with Gasteiger partial charge in [0.25, 0.3) is 0 Å². The van der Waals surface area contributed by atoms with Crippen LogP contribution in [0.3, 0.4) is 0 Å². The summed E-state index contributed by atoms with van der Waals surface area (Å²) >= 11 is 1.74. The number of carbonyl (C=O) groups is 1. The lowest BCUT2D eigenvalue weighted by Gasteiger charge is -2.24. The van der Waals surface area contributed by atoms with E-state index in [1.807, 2.05) is 32.4 Å². The number of rotatable bonds is 8. The van der Waals surface area contributed by atoms with Gasteiger partial charge in [-0.3, -0.25) is 4.79 Å². The Morgan fingerprint density at radius 3 is 2.64 bits per heavy atom. The first-order chi connectivity index (χ1) is 12.8. The Bertz CT molecular complexity index is 771. The molecular formula is C18H30IN7OS. The lowest BCUT2D eigenvalue weighted by molar-refractivity contribution is -0.128. The van der Waals surface area contributed by atoms with Gasteiger partial charge >= 0.3 is 0 Å². The standard InChI is InChI=1S/C18H29N7OS.HI/c1-13-23-24-15(25(13)5)11-21-17(20-9-8-14-7-6-10-27-14)22-12-18(2,3)16(26)19-4;/h6-7,10H,8-9,11-12H2,1-5H3,(H,19,26)(H2,20,21,22);1H. The van der Waals surface area contributed by atoms with E-state index < -0.39 is 5.41 Å². The summed E-state index contributed by atoms with van der Waals surface area (Å²) in [4.78, 5) is 17.9. The molecule has 2 aromatic rings. The van der Waals surface area contributed by atoms with Crippen LogP contribution < -0.4 is 16.0 Å². The van der Waals surface area contributed by atoms with Crippen molar-refractivity contribution in [3.8, 4) is 0 Å². The summed E-state index contributed by atoms with van der Waals surface area (Å²) in [6.45, 7) is 7.33. The van der Waals surface area contributed by atoms with Crippen molar-refractivity contribution < 1.29 is 4.79 Å². The van der Waals surface area contributed by atoms with Crippen LogP contribution in [0.5, 0.6) is 0 Å². The van der Waals surface area contributed by atoms with Crippen molar-refractivity contribution >= 4 is 47.2 Å². The molecule has 0 radical (unpaired) electrons. The third-order valence-electron chi connectivity index (χ3n) is 4.34. The summed E-state index contributed by atoms with van der Waals surface area (Å²) in [6.07, 6.45) is 0.917. The van der Waals surface area contributed by atoms with Gasteiger partial charge in [-0.15, -0.1) is 45.5 Å². The zero-order valence-electron chi connectivity index (χ0n) is 17.1. The summed E-state index contributed by atoms with van der Waals surface area (Å²) in [5.41, 5.74) is -0.549. The summed E-state index contributed by atoms with van der Waals surface area (Å²) in [7, 11) is 3.57. The van der Waals surface area contributed by atoms with Gasteiger partial charge in [-0.25, -0.2) is 4.99 Å². The lowest BCUT2D eigenvalue weighted by atomic mass is 9.92. The van der Waals surface area contributed by atoms with Crippen molar-refractivity contribution in [3.63, 3.8) is 0 Å². The van der Waals surface area contributed by atoms with Crippen molar-refractivity contribution in [1.82, 2.24) is 30.7 Å². The highest BCUT2D eigenvalue weighted by Gasteiger charge is 2.26. The molecule has 0 atom stereocenters. The Labute approximate surface area is 187 Å². The fourth-order valence-electron chi connectivity index (χ4n) is 2.40. The van der Waals surface area contributed by atoms with E-state index in [0.717, 1.165) is 24.6 Å². The van der Waals surface area contributed by atoms with E-state index in [0.29, 0.717) is 19.0 Å². The monoisotopic (exact) mass is 519 g/mol. The number of guanidine groups is 1. The Morgan fingerprint density at radius 2 is 2.07 bits per heavy atom. The number of hydrogen-bond acceptors (Lipinski definition) is 5. The average molecular weight is 519 g/mol. The van der Waals surface area contributed by atoms with Crippen LogP contribution in [0.25, 0.3) is 0 Å². The minimum Gasteiger partial charge on any atom is -0.359 e. The Balaban J connectivity index is 0.00000392. The maximum absolute atomic E-state index is 12.0. The zero-order chi connectivity index (χ0) is 19.9. The maximum Gasteiger partial charge on any atom is 0.227 e. The summed E-state index contributed by atoms with van der Waals surface area (Å²) in [5.74, 6) is 2.28. The maximum atomic E-state index is 12.0. The number of aliphatic imine (C=N–C) groups is 1. The summed E-state index contributed by atoms with van der Waals surface area (Å²) in [5, 5.41) is 19.6. The van der Waals surface area contributed by atoms with Crippen molar-refractivity contribution in [1.29, 1.82) is 0 Å². The number of nitrogens with one attached hydrogen (secondary N) is 3. The van der Waals surface area contributed by atoms with E-state index in [1.54, 1.807) is 18.4 Å². The Kier molecular flexibility index (Phi) is 9.87. The van der Waals surface area contributed by atoms with E-state index in [2.05, 4.69) is 48.7 Å². The summed E-state index contributed by atoms with van der Waals surface area (Å²) in [6, 6.07) is 4.17. The molecule has 3 N–H and O–H groups in total. The number of aromatic nitrogens is 3. The fourth-order valence-corrected chi connectivity index (χ4v) is 3.10. The van der Waals surface area contributed by atoms with Crippen molar-refractivity contribution in [2.45, 2.75) is 33.7 Å². The second kappa shape index (κ2) is 11.3. The molecule has 0 saturated carbocycles. The van der Waals surface area contributed by atoms with Gasteiger partial charge in [0.1, 0.15) is 12.4 Å².